The van der Waals surface area contributed by atoms with E-state index in [9.17, 15) is 0 Å². The van der Waals surface area contributed by atoms with E-state index in [0.717, 1.165) is 23.3 Å². The lowest BCUT2D eigenvalue weighted by Gasteiger charge is -2.12. The third kappa shape index (κ3) is 2.49. The zero-order valence-corrected chi connectivity index (χ0v) is 9.59. The van der Waals surface area contributed by atoms with Gasteiger partial charge < -0.3 is 10.1 Å². The summed E-state index contributed by atoms with van der Waals surface area (Å²) >= 11 is 3.50. The zero-order valence-electron chi connectivity index (χ0n) is 8.00. The van der Waals surface area contributed by atoms with Gasteiger partial charge in [-0.1, -0.05) is 12.1 Å². The summed E-state index contributed by atoms with van der Waals surface area (Å²) in [5.41, 5.74) is 1.14. The first-order chi connectivity index (χ1) is 6.86. The number of nitrogens with one attached hydrogen (secondary N) is 1. The predicted molar refractivity (Wildman–Crippen MR) is 61.6 cm³/mol. The van der Waals surface area contributed by atoms with Crippen LogP contribution in [0.3, 0.4) is 0 Å². The minimum absolute atomic E-state index is 0.391. The van der Waals surface area contributed by atoms with Gasteiger partial charge >= 0.3 is 0 Å². The molecule has 0 spiro atoms. The standard InChI is InChI=1S/C11H14BrNO/c12-10-5-1-2-6-11(10)13-8-9-4-3-7-14-9/h1-2,5-6,9,13H,3-4,7-8H2. The summed E-state index contributed by atoms with van der Waals surface area (Å²) in [6.07, 6.45) is 2.77. The molecule has 0 saturated carbocycles. The van der Waals surface area contributed by atoms with Crippen molar-refractivity contribution in [3.63, 3.8) is 0 Å². The molecule has 1 aliphatic rings. The van der Waals surface area contributed by atoms with Crippen LogP contribution < -0.4 is 5.32 Å². The molecule has 76 valence electrons. The summed E-state index contributed by atoms with van der Waals surface area (Å²) in [7, 11) is 0. The number of para-hydroxylation sites is 1. The molecule has 1 aromatic carbocycles. The van der Waals surface area contributed by atoms with E-state index < -0.39 is 0 Å². The fourth-order valence-corrected chi connectivity index (χ4v) is 2.06. The van der Waals surface area contributed by atoms with E-state index in [1.165, 1.54) is 12.8 Å². The number of hydrogen-bond donors (Lipinski definition) is 1. The second-order valence-electron chi connectivity index (χ2n) is 3.50. The predicted octanol–water partition coefficient (Wildman–Crippen LogP) is 3.04. The Morgan fingerprint density at radius 1 is 1.43 bits per heavy atom. The molecule has 1 heterocycles. The van der Waals surface area contributed by atoms with E-state index in [-0.39, 0.29) is 0 Å². The Labute approximate surface area is 92.8 Å². The van der Waals surface area contributed by atoms with Crippen LogP contribution in [0.15, 0.2) is 28.7 Å². The molecule has 0 bridgehead atoms. The Hall–Kier alpha value is -0.540. The third-order valence-corrected chi connectivity index (χ3v) is 3.11. The Kier molecular flexibility index (Phi) is 3.43. The van der Waals surface area contributed by atoms with E-state index >= 15 is 0 Å². The van der Waals surface area contributed by atoms with Crippen LogP contribution in [-0.2, 0) is 4.74 Å². The fourth-order valence-electron chi connectivity index (χ4n) is 1.63. The van der Waals surface area contributed by atoms with Gasteiger partial charge in [-0.05, 0) is 40.9 Å². The van der Waals surface area contributed by atoms with E-state index in [2.05, 4.69) is 27.3 Å². The zero-order chi connectivity index (χ0) is 9.80. The molecule has 1 N–H and O–H groups in total. The molecule has 1 saturated heterocycles. The van der Waals surface area contributed by atoms with Gasteiger partial charge in [0, 0.05) is 23.3 Å². The number of hydrogen-bond acceptors (Lipinski definition) is 2. The van der Waals surface area contributed by atoms with E-state index in [0.29, 0.717) is 6.10 Å². The molecule has 14 heavy (non-hydrogen) atoms. The first kappa shape index (κ1) is 9.99. The Bertz CT molecular complexity index is 297. The van der Waals surface area contributed by atoms with E-state index in [1.54, 1.807) is 0 Å². The molecule has 0 aromatic heterocycles. The summed E-state index contributed by atoms with van der Waals surface area (Å²) < 4.78 is 6.65. The third-order valence-electron chi connectivity index (χ3n) is 2.42. The topological polar surface area (TPSA) is 21.3 Å². The van der Waals surface area contributed by atoms with E-state index in [1.807, 2.05) is 18.2 Å². The highest BCUT2D eigenvalue weighted by atomic mass is 79.9. The Morgan fingerprint density at radius 2 is 2.29 bits per heavy atom. The number of benzene rings is 1. The van der Waals surface area contributed by atoms with Crippen LogP contribution in [0.25, 0.3) is 0 Å². The van der Waals surface area contributed by atoms with Gasteiger partial charge in [-0.25, -0.2) is 0 Å². The summed E-state index contributed by atoms with van der Waals surface area (Å²) in [4.78, 5) is 0. The highest BCUT2D eigenvalue weighted by Gasteiger charge is 2.14. The normalized spacial score (nSPS) is 21.1. The molecule has 1 unspecified atom stereocenters. The van der Waals surface area contributed by atoms with Crippen LogP contribution in [0, 0.1) is 0 Å². The lowest BCUT2D eigenvalue weighted by Crippen LogP contribution is -2.18. The summed E-state index contributed by atoms with van der Waals surface area (Å²) in [5.74, 6) is 0. The van der Waals surface area contributed by atoms with Gasteiger partial charge in [0.05, 0.1) is 6.10 Å². The van der Waals surface area contributed by atoms with Gasteiger partial charge in [0.1, 0.15) is 0 Å². The summed E-state index contributed by atoms with van der Waals surface area (Å²) in [6, 6.07) is 8.15. The van der Waals surface area contributed by atoms with Gasteiger partial charge in [-0.15, -0.1) is 0 Å². The Morgan fingerprint density at radius 3 is 3.00 bits per heavy atom. The number of anilines is 1. The van der Waals surface area contributed by atoms with Crippen molar-refractivity contribution in [1.29, 1.82) is 0 Å². The van der Waals surface area contributed by atoms with Crippen molar-refractivity contribution in [2.75, 3.05) is 18.5 Å². The van der Waals surface area contributed by atoms with Crippen LogP contribution in [0.5, 0.6) is 0 Å². The SMILES string of the molecule is Brc1ccccc1NCC1CCCO1. The summed E-state index contributed by atoms with van der Waals surface area (Å²) in [6.45, 7) is 1.82. The molecule has 2 rings (SSSR count). The molecule has 1 fully saturated rings. The molecular weight excluding hydrogens is 242 g/mol. The van der Waals surface area contributed by atoms with Crippen molar-refractivity contribution in [1.82, 2.24) is 0 Å². The van der Waals surface area contributed by atoms with Crippen molar-refractivity contribution in [2.24, 2.45) is 0 Å². The minimum Gasteiger partial charge on any atom is -0.382 e. The van der Waals surface area contributed by atoms with Gasteiger partial charge in [0.15, 0.2) is 0 Å². The maximum atomic E-state index is 5.54. The number of halogens is 1. The smallest absolute Gasteiger partial charge is 0.0748 e. The van der Waals surface area contributed by atoms with Crippen LogP contribution in [0.1, 0.15) is 12.8 Å². The second-order valence-corrected chi connectivity index (χ2v) is 4.35. The van der Waals surface area contributed by atoms with Gasteiger partial charge in [-0.2, -0.15) is 0 Å². The van der Waals surface area contributed by atoms with Crippen molar-refractivity contribution in [2.45, 2.75) is 18.9 Å². The van der Waals surface area contributed by atoms with Crippen LogP contribution >= 0.6 is 15.9 Å². The van der Waals surface area contributed by atoms with Crippen LogP contribution in [0.2, 0.25) is 0 Å². The lowest BCUT2D eigenvalue weighted by atomic mass is 10.2. The summed E-state index contributed by atoms with van der Waals surface area (Å²) in [5, 5.41) is 3.38. The lowest BCUT2D eigenvalue weighted by molar-refractivity contribution is 0.120. The monoisotopic (exact) mass is 255 g/mol. The van der Waals surface area contributed by atoms with Crippen LogP contribution in [0.4, 0.5) is 5.69 Å². The maximum Gasteiger partial charge on any atom is 0.0748 e. The first-order valence-corrected chi connectivity index (χ1v) is 5.75. The average Bonchev–Trinajstić information content (AvgIpc) is 2.69. The first-order valence-electron chi connectivity index (χ1n) is 4.96. The van der Waals surface area contributed by atoms with Gasteiger partial charge in [0.25, 0.3) is 0 Å². The molecule has 0 aliphatic carbocycles. The second kappa shape index (κ2) is 4.80. The molecule has 2 nitrogen and oxygen atoms in total. The fraction of sp³-hybridized carbons (Fsp3) is 0.455. The highest BCUT2D eigenvalue weighted by Crippen LogP contribution is 2.22. The molecule has 1 atom stereocenters. The van der Waals surface area contributed by atoms with Crippen molar-refractivity contribution in [3.05, 3.63) is 28.7 Å². The molecule has 1 aromatic rings. The molecule has 1 aliphatic heterocycles. The van der Waals surface area contributed by atoms with Crippen molar-refractivity contribution < 1.29 is 4.74 Å². The van der Waals surface area contributed by atoms with E-state index in [4.69, 9.17) is 4.74 Å². The molecule has 3 heteroatoms. The molecule has 0 amide bonds. The van der Waals surface area contributed by atoms with Crippen molar-refractivity contribution in [3.8, 4) is 0 Å². The Balaban J connectivity index is 1.88. The maximum absolute atomic E-state index is 5.54. The average molecular weight is 256 g/mol. The molecular formula is C11H14BrNO. The largest absolute Gasteiger partial charge is 0.382 e. The number of rotatable bonds is 3. The van der Waals surface area contributed by atoms with Gasteiger partial charge in [0.2, 0.25) is 0 Å². The van der Waals surface area contributed by atoms with Crippen LogP contribution in [-0.4, -0.2) is 19.3 Å². The van der Waals surface area contributed by atoms with Gasteiger partial charge in [-0.3, -0.25) is 0 Å². The minimum atomic E-state index is 0.391. The highest BCUT2D eigenvalue weighted by molar-refractivity contribution is 9.10. The quantitative estimate of drug-likeness (QED) is 0.897. The van der Waals surface area contributed by atoms with Crippen molar-refractivity contribution >= 4 is 21.6 Å². The number of ether oxygens (including phenoxy) is 1. The molecule has 0 radical (unpaired) electrons.